The van der Waals surface area contributed by atoms with Crippen LogP contribution in [-0.2, 0) is 0 Å². The van der Waals surface area contributed by atoms with Gasteiger partial charge in [-0.05, 0) is 65.7 Å². The molecule has 294 valence electrons. The number of para-hydroxylation sites is 5. The second kappa shape index (κ2) is 14.0. The largest absolute Gasteiger partial charge is 0.455 e. The number of hydrogen-bond donors (Lipinski definition) is 0. The van der Waals surface area contributed by atoms with E-state index in [2.05, 4.69) is 203 Å². The van der Waals surface area contributed by atoms with Crippen LogP contribution < -0.4 is 0 Å². The predicted octanol–water partition coefficient (Wildman–Crippen LogP) is 14.6. The highest BCUT2D eigenvalue weighted by atomic mass is 16.3. The average Bonchev–Trinajstić information content (AvgIpc) is 4.02. The highest BCUT2D eigenvalue weighted by Crippen LogP contribution is 2.44. The molecule has 6 heteroatoms. The smallest absolute Gasteiger partial charge is 0.167 e. The van der Waals surface area contributed by atoms with Crippen molar-refractivity contribution in [3.05, 3.63) is 212 Å². The summed E-state index contributed by atoms with van der Waals surface area (Å²) in [5, 5.41) is 6.68. The molecule has 0 atom stereocenters. The van der Waals surface area contributed by atoms with Crippen LogP contribution in [0.5, 0.6) is 0 Å². The molecule has 0 aliphatic rings. The third-order valence-corrected chi connectivity index (χ3v) is 12.4. The van der Waals surface area contributed by atoms with Crippen molar-refractivity contribution in [1.29, 1.82) is 0 Å². The Kier molecular flexibility index (Phi) is 7.80. The van der Waals surface area contributed by atoms with Crippen molar-refractivity contribution in [1.82, 2.24) is 24.1 Å². The quantitative estimate of drug-likeness (QED) is 0.168. The average molecular weight is 806 g/mol. The minimum absolute atomic E-state index is 0.520. The molecule has 13 aromatic rings. The van der Waals surface area contributed by atoms with Crippen molar-refractivity contribution in [3.63, 3.8) is 0 Å². The van der Waals surface area contributed by atoms with E-state index in [1.54, 1.807) is 0 Å². The molecule has 0 amide bonds. The van der Waals surface area contributed by atoms with E-state index in [9.17, 15) is 0 Å². The third-order valence-electron chi connectivity index (χ3n) is 12.4. The van der Waals surface area contributed by atoms with Crippen LogP contribution in [0, 0.1) is 0 Å². The number of fused-ring (bicyclic) bond motifs is 9. The molecule has 9 aromatic carbocycles. The lowest BCUT2D eigenvalue weighted by Crippen LogP contribution is -2.03. The van der Waals surface area contributed by atoms with E-state index in [1.165, 1.54) is 10.8 Å². The Hall–Kier alpha value is -8.61. The minimum Gasteiger partial charge on any atom is -0.455 e. The van der Waals surface area contributed by atoms with E-state index < -0.39 is 0 Å². The van der Waals surface area contributed by atoms with E-state index in [-0.39, 0.29) is 0 Å². The lowest BCUT2D eigenvalue weighted by atomic mass is 9.98. The van der Waals surface area contributed by atoms with Gasteiger partial charge in [-0.1, -0.05) is 158 Å². The summed E-state index contributed by atoms with van der Waals surface area (Å²) in [5.74, 6) is 1.67. The lowest BCUT2D eigenvalue weighted by molar-refractivity contribution is 0.669. The van der Waals surface area contributed by atoms with Crippen LogP contribution in [-0.4, -0.2) is 24.1 Å². The van der Waals surface area contributed by atoms with E-state index >= 15 is 0 Å². The summed E-state index contributed by atoms with van der Waals surface area (Å²) in [6.07, 6.45) is 0. The standard InChI is InChI=1S/C57H35N5O/c1-4-18-36(19-5-1)40-27-17-33-51-52(40)46-34-39(61-48-30-13-10-24-41(48)42-25-11-14-31-49(42)61)35-47(54(46)63-51)57-59-55(37-20-6-2-7-21-37)58-56(60-57)45-29-16-28-44-43-26-12-15-32-50(43)62(53(44)45)38-22-8-3-9-23-38/h1-35H. The Morgan fingerprint density at radius 3 is 1.52 bits per heavy atom. The molecule has 0 unspecified atom stereocenters. The maximum Gasteiger partial charge on any atom is 0.167 e. The normalized spacial score (nSPS) is 11.8. The van der Waals surface area contributed by atoms with Crippen LogP contribution in [0.4, 0.5) is 0 Å². The molecule has 13 rings (SSSR count). The first-order valence-electron chi connectivity index (χ1n) is 21.2. The maximum atomic E-state index is 7.01. The fourth-order valence-corrected chi connectivity index (χ4v) is 9.64. The molecule has 0 bridgehead atoms. The molecule has 0 spiro atoms. The van der Waals surface area contributed by atoms with Gasteiger partial charge in [-0.3, -0.25) is 0 Å². The minimum atomic E-state index is 0.520. The van der Waals surface area contributed by atoms with Crippen LogP contribution >= 0.6 is 0 Å². The summed E-state index contributed by atoms with van der Waals surface area (Å²) < 4.78 is 11.7. The zero-order valence-electron chi connectivity index (χ0n) is 33.9. The van der Waals surface area contributed by atoms with Gasteiger partial charge in [-0.15, -0.1) is 0 Å². The molecule has 0 fully saturated rings. The molecule has 0 radical (unpaired) electrons. The highest BCUT2D eigenvalue weighted by molar-refractivity contribution is 6.17. The summed E-state index contributed by atoms with van der Waals surface area (Å²) >= 11 is 0. The summed E-state index contributed by atoms with van der Waals surface area (Å²) in [6, 6.07) is 74.3. The van der Waals surface area contributed by atoms with Gasteiger partial charge < -0.3 is 13.6 Å². The van der Waals surface area contributed by atoms with Crippen molar-refractivity contribution in [2.75, 3.05) is 0 Å². The second-order valence-corrected chi connectivity index (χ2v) is 15.9. The van der Waals surface area contributed by atoms with Gasteiger partial charge in [0.05, 0.1) is 27.6 Å². The van der Waals surface area contributed by atoms with E-state index in [0.29, 0.717) is 23.1 Å². The molecule has 63 heavy (non-hydrogen) atoms. The van der Waals surface area contributed by atoms with Crippen LogP contribution in [0.1, 0.15) is 0 Å². The van der Waals surface area contributed by atoms with Gasteiger partial charge in [0, 0.05) is 54.8 Å². The fraction of sp³-hybridized carbons (Fsp3) is 0. The Bertz CT molecular complexity index is 3850. The van der Waals surface area contributed by atoms with Gasteiger partial charge in [0.1, 0.15) is 11.2 Å². The molecule has 4 aromatic heterocycles. The molecule has 0 saturated heterocycles. The van der Waals surface area contributed by atoms with Gasteiger partial charge in [-0.25, -0.2) is 15.0 Å². The zero-order chi connectivity index (χ0) is 41.4. The number of hydrogen-bond acceptors (Lipinski definition) is 4. The number of benzene rings is 9. The fourth-order valence-electron chi connectivity index (χ4n) is 9.64. The predicted molar refractivity (Wildman–Crippen MR) is 258 cm³/mol. The van der Waals surface area contributed by atoms with Gasteiger partial charge in [0.2, 0.25) is 0 Å². The van der Waals surface area contributed by atoms with Gasteiger partial charge in [-0.2, -0.15) is 0 Å². The summed E-state index contributed by atoms with van der Waals surface area (Å²) in [7, 11) is 0. The SMILES string of the molecule is c1ccc(-c2nc(-c3cc(-n4c5ccccc5c5ccccc54)cc4c3oc3cccc(-c5ccccc5)c34)nc(-c3cccc4c5ccccc5n(-c5ccccc5)c34)n2)cc1. The van der Waals surface area contributed by atoms with Crippen LogP contribution in [0.25, 0.3) is 122 Å². The van der Waals surface area contributed by atoms with Crippen LogP contribution in [0.15, 0.2) is 217 Å². The Balaban J connectivity index is 1.16. The lowest BCUT2D eigenvalue weighted by Gasteiger charge is -2.14. The van der Waals surface area contributed by atoms with Crippen molar-refractivity contribution in [3.8, 4) is 56.7 Å². The molecule has 0 N–H and O–H groups in total. The van der Waals surface area contributed by atoms with Gasteiger partial charge in [0.15, 0.2) is 17.5 Å². The van der Waals surface area contributed by atoms with Crippen molar-refractivity contribution < 1.29 is 4.42 Å². The van der Waals surface area contributed by atoms with Crippen molar-refractivity contribution in [2.45, 2.75) is 0 Å². The van der Waals surface area contributed by atoms with Crippen LogP contribution in [0.2, 0.25) is 0 Å². The highest BCUT2D eigenvalue weighted by Gasteiger charge is 2.24. The third kappa shape index (κ3) is 5.48. The first-order valence-corrected chi connectivity index (χ1v) is 21.2. The van der Waals surface area contributed by atoms with Gasteiger partial charge >= 0.3 is 0 Å². The summed E-state index contributed by atoms with van der Waals surface area (Å²) in [6.45, 7) is 0. The number of aromatic nitrogens is 5. The number of nitrogens with zero attached hydrogens (tertiary/aromatic N) is 5. The second-order valence-electron chi connectivity index (χ2n) is 15.9. The number of furan rings is 1. The first kappa shape index (κ1) is 35.2. The molecule has 0 aliphatic heterocycles. The molecule has 0 saturated carbocycles. The Morgan fingerprint density at radius 1 is 0.333 bits per heavy atom. The van der Waals surface area contributed by atoms with Crippen LogP contribution in [0.3, 0.4) is 0 Å². The molecular weight excluding hydrogens is 771 g/mol. The summed E-state index contributed by atoms with van der Waals surface area (Å²) in [4.78, 5) is 16.2. The number of rotatable bonds is 6. The topological polar surface area (TPSA) is 61.7 Å². The first-order chi connectivity index (χ1) is 31.3. The van der Waals surface area contributed by atoms with Gasteiger partial charge in [0.25, 0.3) is 0 Å². The maximum absolute atomic E-state index is 7.01. The molecule has 4 heterocycles. The van der Waals surface area contributed by atoms with Crippen molar-refractivity contribution in [2.24, 2.45) is 0 Å². The molecule has 0 aliphatic carbocycles. The Morgan fingerprint density at radius 2 is 0.841 bits per heavy atom. The van der Waals surface area contributed by atoms with E-state index in [1.807, 2.05) is 18.2 Å². The van der Waals surface area contributed by atoms with E-state index in [0.717, 1.165) is 88.4 Å². The monoisotopic (exact) mass is 805 g/mol. The zero-order valence-corrected chi connectivity index (χ0v) is 33.9. The molecular formula is C57H35N5O. The Labute approximate surface area is 361 Å². The van der Waals surface area contributed by atoms with Crippen molar-refractivity contribution >= 4 is 65.6 Å². The molecule has 6 nitrogen and oxygen atoms in total. The summed E-state index contributed by atoms with van der Waals surface area (Å²) in [5.41, 5.74) is 12.7. The van der Waals surface area contributed by atoms with E-state index in [4.69, 9.17) is 19.4 Å².